The highest BCUT2D eigenvalue weighted by Gasteiger charge is 2.15. The van der Waals surface area contributed by atoms with E-state index in [0.717, 1.165) is 10.9 Å². The highest BCUT2D eigenvalue weighted by atomic mass is 35.5. The number of aromatic nitrogens is 1. The van der Waals surface area contributed by atoms with Gasteiger partial charge in [0, 0.05) is 22.1 Å². The van der Waals surface area contributed by atoms with Crippen LogP contribution < -0.4 is 10.1 Å². The number of carbonyl (C=O) groups is 2. The molecule has 1 aromatic heterocycles. The second-order valence-electron chi connectivity index (χ2n) is 5.22. The average molecular weight is 359 g/mol. The lowest BCUT2D eigenvalue weighted by Gasteiger charge is -2.10. The molecule has 0 fully saturated rings. The molecule has 2 N–H and O–H groups in total. The number of esters is 1. The molecule has 0 spiro atoms. The van der Waals surface area contributed by atoms with Crippen molar-refractivity contribution in [1.29, 1.82) is 0 Å². The first kappa shape index (κ1) is 16.9. The fourth-order valence-electron chi connectivity index (χ4n) is 2.41. The first-order valence-electron chi connectivity index (χ1n) is 7.45. The predicted molar refractivity (Wildman–Crippen MR) is 95.2 cm³/mol. The van der Waals surface area contributed by atoms with Crippen LogP contribution in [0.4, 0.5) is 5.69 Å². The van der Waals surface area contributed by atoms with Crippen LogP contribution in [0.2, 0.25) is 5.02 Å². The number of benzene rings is 2. The number of halogens is 1. The molecule has 128 valence electrons. The van der Waals surface area contributed by atoms with Crippen LogP contribution in [0.3, 0.4) is 0 Å². The van der Waals surface area contributed by atoms with Crippen LogP contribution in [0, 0.1) is 0 Å². The SMILES string of the molecule is COc1ccc(Cl)cc1NC(=O)COC(=O)c1c[nH]c2ccccc12. The molecular weight excluding hydrogens is 344 g/mol. The Labute approximate surface area is 148 Å². The molecule has 25 heavy (non-hydrogen) atoms. The number of rotatable bonds is 5. The second-order valence-corrected chi connectivity index (χ2v) is 5.65. The lowest BCUT2D eigenvalue weighted by atomic mass is 10.2. The highest BCUT2D eigenvalue weighted by Crippen LogP contribution is 2.27. The number of anilines is 1. The third-order valence-corrected chi connectivity index (χ3v) is 3.81. The Morgan fingerprint density at radius 2 is 2.00 bits per heavy atom. The molecule has 2 aromatic carbocycles. The molecule has 0 aliphatic heterocycles. The maximum atomic E-state index is 12.2. The highest BCUT2D eigenvalue weighted by molar-refractivity contribution is 6.31. The Morgan fingerprint density at radius 3 is 2.80 bits per heavy atom. The van der Waals surface area contributed by atoms with Gasteiger partial charge >= 0.3 is 5.97 Å². The van der Waals surface area contributed by atoms with Crippen molar-refractivity contribution in [3.63, 3.8) is 0 Å². The summed E-state index contributed by atoms with van der Waals surface area (Å²) in [5, 5.41) is 3.80. The molecule has 3 aromatic rings. The molecule has 0 atom stereocenters. The van der Waals surface area contributed by atoms with Crippen molar-refractivity contribution in [3.05, 3.63) is 59.2 Å². The van der Waals surface area contributed by atoms with E-state index in [1.807, 2.05) is 18.2 Å². The Bertz CT molecular complexity index is 936. The molecule has 7 heteroatoms. The smallest absolute Gasteiger partial charge is 0.340 e. The van der Waals surface area contributed by atoms with E-state index in [-0.39, 0.29) is 0 Å². The maximum absolute atomic E-state index is 12.2. The van der Waals surface area contributed by atoms with Gasteiger partial charge < -0.3 is 19.8 Å². The Morgan fingerprint density at radius 1 is 1.20 bits per heavy atom. The number of nitrogens with one attached hydrogen (secondary N) is 2. The molecule has 0 saturated heterocycles. The molecule has 1 amide bonds. The van der Waals surface area contributed by atoms with Gasteiger partial charge in [0.2, 0.25) is 0 Å². The van der Waals surface area contributed by atoms with E-state index in [1.54, 1.807) is 30.5 Å². The van der Waals surface area contributed by atoms with Gasteiger partial charge in [0.1, 0.15) is 5.75 Å². The summed E-state index contributed by atoms with van der Waals surface area (Å²) in [7, 11) is 1.48. The first-order chi connectivity index (χ1) is 12.1. The van der Waals surface area contributed by atoms with Crippen molar-refractivity contribution in [2.45, 2.75) is 0 Å². The van der Waals surface area contributed by atoms with E-state index < -0.39 is 18.5 Å². The lowest BCUT2D eigenvalue weighted by molar-refractivity contribution is -0.119. The van der Waals surface area contributed by atoms with Gasteiger partial charge in [-0.3, -0.25) is 4.79 Å². The van der Waals surface area contributed by atoms with Crippen LogP contribution in [-0.2, 0) is 9.53 Å². The third kappa shape index (κ3) is 3.75. The number of methoxy groups -OCH3 is 1. The van der Waals surface area contributed by atoms with E-state index >= 15 is 0 Å². The molecule has 6 nitrogen and oxygen atoms in total. The fraction of sp³-hybridized carbons (Fsp3) is 0.111. The van der Waals surface area contributed by atoms with Gasteiger partial charge in [-0.1, -0.05) is 29.8 Å². The van der Waals surface area contributed by atoms with Crippen molar-refractivity contribution >= 4 is 40.1 Å². The number of hydrogen-bond acceptors (Lipinski definition) is 4. The van der Waals surface area contributed by atoms with E-state index in [0.29, 0.717) is 22.0 Å². The van der Waals surface area contributed by atoms with Gasteiger partial charge in [0.05, 0.1) is 18.4 Å². The van der Waals surface area contributed by atoms with Gasteiger partial charge in [-0.25, -0.2) is 4.79 Å². The summed E-state index contributed by atoms with van der Waals surface area (Å²) in [6.07, 6.45) is 1.56. The zero-order valence-electron chi connectivity index (χ0n) is 13.3. The topological polar surface area (TPSA) is 80.4 Å². The number of hydrogen-bond donors (Lipinski definition) is 2. The normalized spacial score (nSPS) is 10.5. The van der Waals surface area contributed by atoms with Gasteiger partial charge in [0.15, 0.2) is 6.61 Å². The number of para-hydroxylation sites is 1. The molecule has 0 aliphatic rings. The van der Waals surface area contributed by atoms with Crippen LogP contribution >= 0.6 is 11.6 Å². The molecule has 0 radical (unpaired) electrons. The van der Waals surface area contributed by atoms with Crippen molar-refractivity contribution in [1.82, 2.24) is 4.98 Å². The first-order valence-corrected chi connectivity index (χ1v) is 7.83. The van der Waals surface area contributed by atoms with Crippen LogP contribution in [0.1, 0.15) is 10.4 Å². The molecular formula is C18H15ClN2O4. The summed E-state index contributed by atoms with van der Waals surface area (Å²) >= 11 is 5.91. The van der Waals surface area contributed by atoms with Crippen LogP contribution in [0.5, 0.6) is 5.75 Å². The van der Waals surface area contributed by atoms with Crippen LogP contribution in [0.25, 0.3) is 10.9 Å². The van der Waals surface area contributed by atoms with Gasteiger partial charge in [-0.2, -0.15) is 0 Å². The van der Waals surface area contributed by atoms with E-state index in [2.05, 4.69) is 10.3 Å². The number of aromatic amines is 1. The summed E-state index contributed by atoms with van der Waals surface area (Å²) in [6, 6.07) is 12.2. The minimum absolute atomic E-state index is 0.378. The Hall–Kier alpha value is -2.99. The summed E-state index contributed by atoms with van der Waals surface area (Å²) in [6.45, 7) is -0.423. The third-order valence-electron chi connectivity index (χ3n) is 3.58. The summed E-state index contributed by atoms with van der Waals surface area (Å²) < 4.78 is 10.2. The number of amides is 1. The molecule has 0 saturated carbocycles. The van der Waals surface area contributed by atoms with Crippen molar-refractivity contribution in [2.75, 3.05) is 19.0 Å². The maximum Gasteiger partial charge on any atom is 0.340 e. The second kappa shape index (κ2) is 7.27. The predicted octanol–water partition coefficient (Wildman–Crippen LogP) is 3.63. The fourth-order valence-corrected chi connectivity index (χ4v) is 2.59. The van der Waals surface area contributed by atoms with Crippen molar-refractivity contribution in [2.24, 2.45) is 0 Å². The number of carbonyl (C=O) groups excluding carboxylic acids is 2. The van der Waals surface area contributed by atoms with Crippen molar-refractivity contribution in [3.8, 4) is 5.75 Å². The Kier molecular flexibility index (Phi) is 4.90. The van der Waals surface area contributed by atoms with E-state index in [9.17, 15) is 9.59 Å². The molecule has 0 aliphatic carbocycles. The zero-order chi connectivity index (χ0) is 17.8. The molecule has 1 heterocycles. The van der Waals surface area contributed by atoms with E-state index in [4.69, 9.17) is 21.1 Å². The van der Waals surface area contributed by atoms with E-state index in [1.165, 1.54) is 7.11 Å². The summed E-state index contributed by atoms with van der Waals surface area (Å²) in [5.74, 6) is -0.611. The Balaban J connectivity index is 1.64. The monoisotopic (exact) mass is 358 g/mol. The quantitative estimate of drug-likeness (QED) is 0.682. The van der Waals surface area contributed by atoms with Gasteiger partial charge in [-0.15, -0.1) is 0 Å². The average Bonchev–Trinajstić information content (AvgIpc) is 3.04. The molecule has 0 unspecified atom stereocenters. The molecule has 0 bridgehead atoms. The minimum Gasteiger partial charge on any atom is -0.495 e. The van der Waals surface area contributed by atoms with Crippen LogP contribution in [0.15, 0.2) is 48.7 Å². The number of ether oxygens (including phenoxy) is 2. The summed E-state index contributed by atoms with van der Waals surface area (Å²) in [4.78, 5) is 27.2. The number of H-pyrrole nitrogens is 1. The standard InChI is InChI=1S/C18H15ClN2O4/c1-24-16-7-6-11(19)8-15(16)21-17(22)10-25-18(23)13-9-20-14-5-3-2-4-12(13)14/h2-9,20H,10H2,1H3,(H,21,22). The lowest BCUT2D eigenvalue weighted by Crippen LogP contribution is -2.21. The molecule has 3 rings (SSSR count). The number of fused-ring (bicyclic) bond motifs is 1. The van der Waals surface area contributed by atoms with Gasteiger partial charge in [-0.05, 0) is 24.3 Å². The largest absolute Gasteiger partial charge is 0.495 e. The summed E-state index contributed by atoms with van der Waals surface area (Å²) in [5.41, 5.74) is 1.61. The minimum atomic E-state index is -0.578. The van der Waals surface area contributed by atoms with Crippen molar-refractivity contribution < 1.29 is 19.1 Å². The van der Waals surface area contributed by atoms with Gasteiger partial charge in [0.25, 0.3) is 5.91 Å². The van der Waals surface area contributed by atoms with Crippen LogP contribution in [-0.4, -0.2) is 30.6 Å². The zero-order valence-corrected chi connectivity index (χ0v) is 14.1.